The third-order valence-electron chi connectivity index (χ3n) is 2.87. The van der Waals surface area contributed by atoms with Gasteiger partial charge in [0.2, 0.25) is 5.95 Å². The van der Waals surface area contributed by atoms with Gasteiger partial charge in [-0.1, -0.05) is 13.0 Å². The lowest BCUT2D eigenvalue weighted by Crippen LogP contribution is -2.15. The summed E-state index contributed by atoms with van der Waals surface area (Å²) in [6.45, 7) is 1.60. The first-order chi connectivity index (χ1) is 9.02. The van der Waals surface area contributed by atoms with E-state index < -0.39 is 17.6 Å². The van der Waals surface area contributed by atoms with Gasteiger partial charge in [-0.25, -0.2) is 13.8 Å². The van der Waals surface area contributed by atoms with E-state index in [4.69, 9.17) is 0 Å². The minimum Gasteiger partial charge on any atom is -0.359 e. The Morgan fingerprint density at radius 1 is 1.32 bits per heavy atom. The van der Waals surface area contributed by atoms with Crippen molar-refractivity contribution in [2.75, 3.05) is 12.4 Å². The van der Waals surface area contributed by atoms with Gasteiger partial charge >= 0.3 is 0 Å². The number of aromatic amines is 1. The van der Waals surface area contributed by atoms with Crippen LogP contribution in [0.5, 0.6) is 0 Å². The molecule has 1 heterocycles. The molecule has 0 spiro atoms. The predicted octanol–water partition coefficient (Wildman–Crippen LogP) is 2.24. The summed E-state index contributed by atoms with van der Waals surface area (Å²) in [5.41, 5.74) is -0.169. The van der Waals surface area contributed by atoms with Gasteiger partial charge in [0.25, 0.3) is 5.56 Å². The van der Waals surface area contributed by atoms with Crippen molar-refractivity contribution in [3.63, 3.8) is 0 Å². The molecule has 0 aliphatic carbocycles. The van der Waals surface area contributed by atoms with E-state index >= 15 is 0 Å². The molecular weight excluding hydrogens is 252 g/mol. The van der Waals surface area contributed by atoms with Gasteiger partial charge in [-0.2, -0.15) is 0 Å². The van der Waals surface area contributed by atoms with Gasteiger partial charge in [-0.15, -0.1) is 0 Å². The molecule has 1 aromatic carbocycles. The Labute approximate surface area is 108 Å². The minimum absolute atomic E-state index is 0.0948. The molecule has 1 aromatic heterocycles. The average molecular weight is 265 g/mol. The summed E-state index contributed by atoms with van der Waals surface area (Å²) >= 11 is 0. The molecule has 4 nitrogen and oxygen atoms in total. The first kappa shape index (κ1) is 13.2. The van der Waals surface area contributed by atoms with Crippen LogP contribution in [0.25, 0.3) is 0 Å². The number of rotatable bonds is 3. The van der Waals surface area contributed by atoms with E-state index in [2.05, 4.69) is 15.3 Å². The third kappa shape index (κ3) is 2.62. The van der Waals surface area contributed by atoms with E-state index in [0.717, 1.165) is 0 Å². The summed E-state index contributed by atoms with van der Waals surface area (Å²) in [6, 6.07) is 4.89. The molecule has 0 aliphatic heterocycles. The third-order valence-corrected chi connectivity index (χ3v) is 2.87. The van der Waals surface area contributed by atoms with Crippen molar-refractivity contribution < 1.29 is 8.78 Å². The zero-order valence-electron chi connectivity index (χ0n) is 10.5. The molecular formula is C13H13F2N3O. The second kappa shape index (κ2) is 5.17. The number of hydrogen-bond acceptors (Lipinski definition) is 3. The molecule has 0 fully saturated rings. The van der Waals surface area contributed by atoms with Crippen molar-refractivity contribution in [1.29, 1.82) is 0 Å². The van der Waals surface area contributed by atoms with Crippen LogP contribution in [-0.2, 0) is 0 Å². The summed E-state index contributed by atoms with van der Waals surface area (Å²) in [6.07, 6.45) is 0. The molecule has 1 atom stereocenters. The molecule has 0 amide bonds. The Morgan fingerprint density at radius 2 is 1.95 bits per heavy atom. The van der Waals surface area contributed by atoms with E-state index in [1.165, 1.54) is 24.3 Å². The highest BCUT2D eigenvalue weighted by atomic mass is 19.1. The van der Waals surface area contributed by atoms with Crippen molar-refractivity contribution in [2.24, 2.45) is 0 Å². The summed E-state index contributed by atoms with van der Waals surface area (Å²) in [7, 11) is 1.59. The van der Waals surface area contributed by atoms with Crippen molar-refractivity contribution in [3.8, 4) is 0 Å². The first-order valence-electron chi connectivity index (χ1n) is 5.76. The number of hydrogen-bond donors (Lipinski definition) is 2. The topological polar surface area (TPSA) is 57.8 Å². The van der Waals surface area contributed by atoms with Crippen LogP contribution in [0.1, 0.15) is 24.1 Å². The van der Waals surface area contributed by atoms with Crippen LogP contribution < -0.4 is 10.9 Å². The molecule has 0 radical (unpaired) electrons. The molecule has 0 aliphatic rings. The van der Waals surface area contributed by atoms with Crippen LogP contribution in [0.4, 0.5) is 14.7 Å². The first-order valence-corrected chi connectivity index (χ1v) is 5.76. The normalized spacial score (nSPS) is 12.2. The van der Waals surface area contributed by atoms with Crippen molar-refractivity contribution in [3.05, 3.63) is 57.5 Å². The lowest BCUT2D eigenvalue weighted by atomic mass is 9.96. The maximum atomic E-state index is 13.7. The smallest absolute Gasteiger partial charge is 0.252 e. The molecule has 0 bridgehead atoms. The van der Waals surface area contributed by atoms with Crippen LogP contribution in [0, 0.1) is 11.6 Å². The van der Waals surface area contributed by atoms with Gasteiger partial charge in [0.15, 0.2) is 0 Å². The molecule has 2 N–H and O–H groups in total. The summed E-state index contributed by atoms with van der Waals surface area (Å²) in [5.74, 6) is -1.71. The summed E-state index contributed by atoms with van der Waals surface area (Å²) in [4.78, 5) is 18.0. The Balaban J connectivity index is 2.53. The second-order valence-corrected chi connectivity index (χ2v) is 4.13. The van der Waals surface area contributed by atoms with E-state index in [1.807, 2.05) is 0 Å². The van der Waals surface area contributed by atoms with Crippen LogP contribution in [-0.4, -0.2) is 17.0 Å². The SMILES string of the molecule is CNc1nc(C(C)c2c(F)cccc2F)cc(=O)[nH]1. The van der Waals surface area contributed by atoms with E-state index in [-0.39, 0.29) is 17.1 Å². The molecule has 100 valence electrons. The standard InChI is InChI=1S/C13H13F2N3O/c1-7(12-8(14)4-3-5-9(12)15)10-6-11(19)18-13(16-2)17-10/h3-7H,1-2H3,(H2,16,17,18,19). The molecule has 6 heteroatoms. The fourth-order valence-corrected chi connectivity index (χ4v) is 1.89. The van der Waals surface area contributed by atoms with Gasteiger partial charge < -0.3 is 5.32 Å². The van der Waals surface area contributed by atoms with E-state index in [0.29, 0.717) is 5.69 Å². The highest BCUT2D eigenvalue weighted by molar-refractivity contribution is 5.33. The van der Waals surface area contributed by atoms with Crippen molar-refractivity contribution >= 4 is 5.95 Å². The number of nitrogens with zero attached hydrogens (tertiary/aromatic N) is 1. The zero-order valence-corrected chi connectivity index (χ0v) is 10.5. The van der Waals surface area contributed by atoms with Crippen molar-refractivity contribution in [2.45, 2.75) is 12.8 Å². The lowest BCUT2D eigenvalue weighted by Gasteiger charge is -2.13. The van der Waals surface area contributed by atoms with E-state index in [9.17, 15) is 13.6 Å². The zero-order chi connectivity index (χ0) is 14.0. The fourth-order valence-electron chi connectivity index (χ4n) is 1.89. The monoisotopic (exact) mass is 265 g/mol. The molecule has 2 aromatic rings. The molecule has 0 saturated carbocycles. The summed E-state index contributed by atoms with van der Waals surface area (Å²) < 4.78 is 27.4. The fraction of sp³-hybridized carbons (Fsp3) is 0.231. The Bertz CT molecular complexity index is 634. The largest absolute Gasteiger partial charge is 0.359 e. The second-order valence-electron chi connectivity index (χ2n) is 4.13. The highest BCUT2D eigenvalue weighted by Crippen LogP contribution is 2.27. The quantitative estimate of drug-likeness (QED) is 0.894. The van der Waals surface area contributed by atoms with Crippen LogP contribution >= 0.6 is 0 Å². The van der Waals surface area contributed by atoms with Gasteiger partial charge in [0, 0.05) is 24.6 Å². The molecule has 0 saturated heterocycles. The number of halogens is 2. The van der Waals surface area contributed by atoms with Crippen LogP contribution in [0.2, 0.25) is 0 Å². The maximum absolute atomic E-state index is 13.7. The predicted molar refractivity (Wildman–Crippen MR) is 68.3 cm³/mol. The maximum Gasteiger partial charge on any atom is 0.252 e. The Kier molecular flexibility index (Phi) is 3.59. The van der Waals surface area contributed by atoms with E-state index in [1.54, 1.807) is 14.0 Å². The van der Waals surface area contributed by atoms with Gasteiger partial charge in [-0.05, 0) is 12.1 Å². The molecule has 1 unspecified atom stereocenters. The minimum atomic E-state index is -0.657. The van der Waals surface area contributed by atoms with Gasteiger partial charge in [0.1, 0.15) is 11.6 Å². The molecule has 19 heavy (non-hydrogen) atoms. The Hall–Kier alpha value is -2.24. The van der Waals surface area contributed by atoms with Crippen molar-refractivity contribution in [1.82, 2.24) is 9.97 Å². The molecule has 2 rings (SSSR count). The van der Waals surface area contributed by atoms with Gasteiger partial charge in [0.05, 0.1) is 5.69 Å². The van der Waals surface area contributed by atoms with Crippen LogP contribution in [0.3, 0.4) is 0 Å². The van der Waals surface area contributed by atoms with Crippen LogP contribution in [0.15, 0.2) is 29.1 Å². The number of aromatic nitrogens is 2. The number of anilines is 1. The number of nitrogens with one attached hydrogen (secondary N) is 2. The number of benzene rings is 1. The van der Waals surface area contributed by atoms with Gasteiger partial charge in [-0.3, -0.25) is 9.78 Å². The summed E-state index contributed by atoms with van der Waals surface area (Å²) in [5, 5.41) is 2.69. The Morgan fingerprint density at radius 3 is 2.53 bits per heavy atom. The average Bonchev–Trinajstić information content (AvgIpc) is 2.37. The number of H-pyrrole nitrogens is 1. The highest BCUT2D eigenvalue weighted by Gasteiger charge is 2.19. The lowest BCUT2D eigenvalue weighted by molar-refractivity contribution is 0.545.